The van der Waals surface area contributed by atoms with Crippen molar-refractivity contribution in [3.8, 4) is 17.6 Å². The normalized spacial score (nSPS) is 19.3. The van der Waals surface area contributed by atoms with Crippen molar-refractivity contribution in [1.82, 2.24) is 15.1 Å². The maximum absolute atomic E-state index is 14.0. The Balaban J connectivity index is 1.86. The molecule has 178 valence electrons. The van der Waals surface area contributed by atoms with Crippen molar-refractivity contribution in [2.45, 2.75) is 34.2 Å². The molecule has 0 unspecified atom stereocenters. The Hall–Kier alpha value is -2.63. The fourth-order valence-electron chi connectivity index (χ4n) is 3.79. The van der Waals surface area contributed by atoms with E-state index in [1.807, 2.05) is 33.8 Å². The first-order valence-electron chi connectivity index (χ1n) is 11.2. The standard InChI is InChI=1S/C25H33FN4O2S/c1-5-20(7-6-11-29-13-15-33(32)16-14-29)28-25-23(18(2)3)27-10-12-30(25)17-21-19(4)8-9-22(26)24(21)31/h5,8-9,27,31H,10-17H2,1-4H3/b20-5-,28-25?. The van der Waals surface area contributed by atoms with E-state index in [9.17, 15) is 13.7 Å². The molecule has 3 rings (SSSR count). The van der Waals surface area contributed by atoms with Crippen LogP contribution in [0.15, 0.2) is 40.2 Å². The summed E-state index contributed by atoms with van der Waals surface area (Å²) in [7, 11) is -0.698. The maximum atomic E-state index is 14.0. The molecule has 0 spiro atoms. The van der Waals surface area contributed by atoms with Crippen molar-refractivity contribution in [2.24, 2.45) is 4.99 Å². The van der Waals surface area contributed by atoms with E-state index < -0.39 is 16.6 Å². The number of hydrogen-bond acceptors (Lipinski definition) is 5. The minimum absolute atomic E-state index is 0.305. The Bertz CT molecular complexity index is 1050. The molecule has 0 radical (unpaired) electrons. The molecule has 0 bridgehead atoms. The van der Waals surface area contributed by atoms with Crippen LogP contribution in [0.1, 0.15) is 31.9 Å². The van der Waals surface area contributed by atoms with Gasteiger partial charge in [0.1, 0.15) is 5.70 Å². The Morgan fingerprint density at radius 1 is 1.30 bits per heavy atom. The summed E-state index contributed by atoms with van der Waals surface area (Å²) in [5, 5.41) is 13.8. The highest BCUT2D eigenvalue weighted by Gasteiger charge is 2.24. The van der Waals surface area contributed by atoms with Gasteiger partial charge in [0.25, 0.3) is 0 Å². The first kappa shape index (κ1) is 25.0. The van der Waals surface area contributed by atoms with Gasteiger partial charge in [-0.25, -0.2) is 9.38 Å². The van der Waals surface area contributed by atoms with Gasteiger partial charge in [-0.05, 0) is 50.8 Å². The molecule has 2 N–H and O–H groups in total. The zero-order chi connectivity index (χ0) is 24.0. The van der Waals surface area contributed by atoms with Crippen LogP contribution in [-0.2, 0) is 17.3 Å². The smallest absolute Gasteiger partial charge is 0.165 e. The Labute approximate surface area is 198 Å². The summed E-state index contributed by atoms with van der Waals surface area (Å²) in [5.74, 6) is 7.60. The van der Waals surface area contributed by atoms with E-state index in [-0.39, 0.29) is 5.75 Å². The van der Waals surface area contributed by atoms with Gasteiger partial charge < -0.3 is 15.3 Å². The van der Waals surface area contributed by atoms with Crippen molar-refractivity contribution in [1.29, 1.82) is 0 Å². The average Bonchev–Trinajstić information content (AvgIpc) is 2.80. The number of nitrogens with zero attached hydrogens (tertiary/aromatic N) is 3. The molecule has 8 heteroatoms. The third-order valence-corrected chi connectivity index (χ3v) is 7.09. The second-order valence-corrected chi connectivity index (χ2v) is 10.1. The largest absolute Gasteiger partial charge is 0.505 e. The molecule has 2 aliphatic heterocycles. The molecule has 0 saturated carbocycles. The number of allylic oxidation sites excluding steroid dienone is 3. The van der Waals surface area contributed by atoms with Crippen molar-refractivity contribution in [3.63, 3.8) is 0 Å². The monoisotopic (exact) mass is 472 g/mol. The highest BCUT2D eigenvalue weighted by atomic mass is 32.2. The predicted octanol–water partition coefficient (Wildman–Crippen LogP) is 2.91. The van der Waals surface area contributed by atoms with Crippen molar-refractivity contribution < 1.29 is 13.7 Å². The number of aromatic hydroxyl groups is 1. The summed E-state index contributed by atoms with van der Waals surface area (Å²) in [5.41, 5.74) is 4.06. The van der Waals surface area contributed by atoms with E-state index in [0.717, 1.165) is 42.3 Å². The van der Waals surface area contributed by atoms with Crippen LogP contribution in [0.5, 0.6) is 5.75 Å². The van der Waals surface area contributed by atoms with Crippen molar-refractivity contribution in [3.05, 3.63) is 52.1 Å². The Morgan fingerprint density at radius 2 is 2.03 bits per heavy atom. The predicted molar refractivity (Wildman–Crippen MR) is 133 cm³/mol. The van der Waals surface area contributed by atoms with Gasteiger partial charge in [0.05, 0.1) is 12.2 Å². The number of piperazine rings is 1. The molecule has 2 heterocycles. The van der Waals surface area contributed by atoms with Crippen molar-refractivity contribution >= 4 is 16.6 Å². The maximum Gasteiger partial charge on any atom is 0.165 e. The molecular formula is C25H33FN4O2S. The zero-order valence-corrected chi connectivity index (χ0v) is 20.7. The number of benzene rings is 1. The van der Waals surface area contributed by atoms with Crippen LogP contribution in [0.25, 0.3) is 0 Å². The van der Waals surface area contributed by atoms with Gasteiger partial charge in [-0.1, -0.05) is 18.1 Å². The molecule has 0 aromatic heterocycles. The topological polar surface area (TPSA) is 68.2 Å². The van der Waals surface area contributed by atoms with Gasteiger partial charge in [-0.15, -0.1) is 0 Å². The lowest BCUT2D eigenvalue weighted by molar-refractivity contribution is 0.337. The second-order valence-electron chi connectivity index (χ2n) is 8.45. The van der Waals surface area contributed by atoms with Crippen LogP contribution < -0.4 is 5.32 Å². The first-order chi connectivity index (χ1) is 15.8. The Kier molecular flexibility index (Phi) is 8.70. The third kappa shape index (κ3) is 6.46. The van der Waals surface area contributed by atoms with Gasteiger partial charge in [-0.3, -0.25) is 9.11 Å². The van der Waals surface area contributed by atoms with Crippen LogP contribution in [0, 0.1) is 24.6 Å². The average molecular weight is 473 g/mol. The van der Waals surface area contributed by atoms with Crippen LogP contribution in [0.4, 0.5) is 4.39 Å². The summed E-state index contributed by atoms with van der Waals surface area (Å²) in [6.07, 6.45) is 1.88. The highest BCUT2D eigenvalue weighted by molar-refractivity contribution is 7.85. The molecule has 33 heavy (non-hydrogen) atoms. The number of aliphatic imine (C=N–C) groups is 1. The molecule has 0 atom stereocenters. The van der Waals surface area contributed by atoms with Gasteiger partial charge in [0.15, 0.2) is 17.4 Å². The van der Waals surface area contributed by atoms with Crippen LogP contribution in [0.3, 0.4) is 0 Å². The molecule has 1 aromatic carbocycles. The number of phenols is 1. The summed E-state index contributed by atoms with van der Waals surface area (Å²) in [6, 6.07) is 2.97. The van der Waals surface area contributed by atoms with E-state index in [1.54, 1.807) is 6.07 Å². The number of halogens is 1. The third-order valence-electron chi connectivity index (χ3n) is 5.81. The molecule has 6 nitrogen and oxygen atoms in total. The molecule has 0 aliphatic carbocycles. The number of rotatable bonds is 4. The number of amidine groups is 1. The van der Waals surface area contributed by atoms with E-state index in [4.69, 9.17) is 4.99 Å². The molecule has 0 amide bonds. The highest BCUT2D eigenvalue weighted by Crippen LogP contribution is 2.27. The van der Waals surface area contributed by atoms with E-state index in [1.165, 1.54) is 6.07 Å². The minimum Gasteiger partial charge on any atom is -0.505 e. The lowest BCUT2D eigenvalue weighted by Gasteiger charge is -2.34. The van der Waals surface area contributed by atoms with Gasteiger partial charge in [0, 0.05) is 60.6 Å². The summed E-state index contributed by atoms with van der Waals surface area (Å²) in [4.78, 5) is 9.15. The molecule has 2 saturated heterocycles. The molecular weight excluding hydrogens is 439 g/mol. The van der Waals surface area contributed by atoms with E-state index >= 15 is 0 Å². The van der Waals surface area contributed by atoms with Crippen LogP contribution >= 0.6 is 0 Å². The Morgan fingerprint density at radius 3 is 2.70 bits per heavy atom. The molecule has 2 fully saturated rings. The quantitative estimate of drug-likeness (QED) is 0.660. The first-order valence-corrected chi connectivity index (χ1v) is 12.7. The summed E-state index contributed by atoms with van der Waals surface area (Å²) < 4.78 is 25.6. The SMILES string of the molecule is C/C=C(/C#CCN1CCS(=O)CC1)N=C1C(=C(C)C)NCCN1Cc1c(C)ccc(F)c1O. The van der Waals surface area contributed by atoms with Gasteiger partial charge >= 0.3 is 0 Å². The van der Waals surface area contributed by atoms with Gasteiger partial charge in [-0.2, -0.15) is 0 Å². The van der Waals surface area contributed by atoms with E-state index in [2.05, 4.69) is 27.0 Å². The van der Waals surface area contributed by atoms with Gasteiger partial charge in [0.2, 0.25) is 0 Å². The fraction of sp³-hybridized carbons (Fsp3) is 0.480. The lowest BCUT2D eigenvalue weighted by atomic mass is 10.1. The summed E-state index contributed by atoms with van der Waals surface area (Å²) in [6.45, 7) is 11.8. The van der Waals surface area contributed by atoms with Crippen LogP contribution in [0.2, 0.25) is 0 Å². The molecule has 2 aliphatic rings. The fourth-order valence-corrected chi connectivity index (χ4v) is 4.92. The summed E-state index contributed by atoms with van der Waals surface area (Å²) >= 11 is 0. The number of nitrogens with one attached hydrogen (secondary N) is 1. The zero-order valence-electron chi connectivity index (χ0n) is 19.9. The molecule has 1 aromatic rings. The number of hydrogen-bond donors (Lipinski definition) is 2. The number of phenolic OH excluding ortho intramolecular Hbond substituents is 1. The second kappa shape index (κ2) is 11.5. The van der Waals surface area contributed by atoms with Crippen LogP contribution in [-0.4, -0.2) is 69.2 Å². The lowest BCUT2D eigenvalue weighted by Crippen LogP contribution is -2.46. The minimum atomic E-state index is -0.698. The number of aryl methyl sites for hydroxylation is 1. The van der Waals surface area contributed by atoms with Crippen molar-refractivity contribution in [2.75, 3.05) is 44.2 Å². The van der Waals surface area contributed by atoms with E-state index in [0.29, 0.717) is 42.4 Å².